The molecule has 0 spiro atoms. The number of nitrogens with zero attached hydrogens (tertiary/aromatic N) is 3. The molecule has 10 heteroatoms. The standard InChI is InChI=1S/C22H23BrF2N4O2S/c1-22(2,3)20-19(23)21(27-31-20)28-32(30)17-8-14-12-29(5-4-18(14)26-10-17)11-13-6-15(24)9-16(25)7-13/h6-10H,4-5,11-12H2,1-3H3,(H,27,28). The number of rotatable bonds is 5. The first-order valence-electron chi connectivity index (χ1n) is 10.1. The third-order valence-corrected chi connectivity index (χ3v) is 6.91. The van der Waals surface area contributed by atoms with E-state index in [-0.39, 0.29) is 5.41 Å². The molecule has 4 rings (SSSR count). The molecule has 0 radical (unpaired) electrons. The van der Waals surface area contributed by atoms with Crippen molar-refractivity contribution >= 4 is 33.1 Å². The monoisotopic (exact) mass is 524 g/mol. The zero-order valence-corrected chi connectivity index (χ0v) is 20.3. The van der Waals surface area contributed by atoms with Gasteiger partial charge in [0.05, 0.1) is 6.20 Å². The van der Waals surface area contributed by atoms with Gasteiger partial charge in [0.1, 0.15) is 27.5 Å². The van der Waals surface area contributed by atoms with Gasteiger partial charge in [0.2, 0.25) is 5.82 Å². The van der Waals surface area contributed by atoms with E-state index in [9.17, 15) is 13.3 Å². The van der Waals surface area contributed by atoms with Crippen LogP contribution in [-0.4, -0.2) is 26.1 Å². The van der Waals surface area contributed by atoms with Crippen LogP contribution in [0, 0.1) is 11.6 Å². The molecule has 0 aliphatic carbocycles. The predicted molar refractivity (Wildman–Crippen MR) is 121 cm³/mol. The Labute approximate surface area is 196 Å². The molecule has 1 aliphatic rings. The molecule has 1 unspecified atom stereocenters. The van der Waals surface area contributed by atoms with E-state index in [0.717, 1.165) is 23.9 Å². The van der Waals surface area contributed by atoms with Crippen molar-refractivity contribution in [1.82, 2.24) is 15.0 Å². The second-order valence-corrected chi connectivity index (χ2v) is 10.8. The van der Waals surface area contributed by atoms with Crippen LogP contribution in [0.2, 0.25) is 0 Å². The summed E-state index contributed by atoms with van der Waals surface area (Å²) in [6.07, 6.45) is 2.30. The van der Waals surface area contributed by atoms with Crippen molar-refractivity contribution in [1.29, 1.82) is 0 Å². The van der Waals surface area contributed by atoms with Crippen LogP contribution < -0.4 is 4.72 Å². The number of nitrogens with one attached hydrogen (secondary N) is 1. The van der Waals surface area contributed by atoms with Crippen LogP contribution in [0.5, 0.6) is 0 Å². The summed E-state index contributed by atoms with van der Waals surface area (Å²) in [5.74, 6) is -0.154. The number of anilines is 1. The molecule has 1 aromatic carbocycles. The van der Waals surface area contributed by atoms with Gasteiger partial charge in [-0.05, 0) is 39.2 Å². The van der Waals surface area contributed by atoms with Crippen LogP contribution in [0.4, 0.5) is 14.6 Å². The highest BCUT2D eigenvalue weighted by molar-refractivity contribution is 9.10. The Morgan fingerprint density at radius 1 is 1.22 bits per heavy atom. The summed E-state index contributed by atoms with van der Waals surface area (Å²) in [5, 5.41) is 3.99. The lowest BCUT2D eigenvalue weighted by atomic mass is 9.93. The summed E-state index contributed by atoms with van der Waals surface area (Å²) in [6, 6.07) is 5.40. The quantitative estimate of drug-likeness (QED) is 0.467. The van der Waals surface area contributed by atoms with Crippen LogP contribution in [0.15, 0.2) is 44.4 Å². The second-order valence-electron chi connectivity index (χ2n) is 8.81. The molecule has 1 N–H and O–H groups in total. The number of aromatic nitrogens is 2. The number of pyridine rings is 1. The lowest BCUT2D eigenvalue weighted by Crippen LogP contribution is -2.31. The third-order valence-electron chi connectivity index (χ3n) is 5.14. The predicted octanol–water partition coefficient (Wildman–Crippen LogP) is 5.10. The van der Waals surface area contributed by atoms with E-state index in [1.807, 2.05) is 26.8 Å². The highest BCUT2D eigenvalue weighted by Crippen LogP contribution is 2.35. The van der Waals surface area contributed by atoms with Crippen LogP contribution in [0.25, 0.3) is 0 Å². The average molecular weight is 525 g/mol. The minimum atomic E-state index is -1.59. The summed E-state index contributed by atoms with van der Waals surface area (Å²) in [5.41, 5.74) is 2.19. The van der Waals surface area contributed by atoms with E-state index in [1.54, 1.807) is 6.20 Å². The Balaban J connectivity index is 1.48. The van der Waals surface area contributed by atoms with Crippen LogP contribution in [0.3, 0.4) is 0 Å². The molecular weight excluding hydrogens is 502 g/mol. The van der Waals surface area contributed by atoms with Crippen molar-refractivity contribution in [3.05, 3.63) is 69.2 Å². The molecule has 1 aliphatic heterocycles. The molecule has 1 atom stereocenters. The smallest absolute Gasteiger partial charge is 0.227 e. The second kappa shape index (κ2) is 9.09. The maximum Gasteiger partial charge on any atom is 0.227 e. The van der Waals surface area contributed by atoms with Gasteiger partial charge in [0.15, 0.2) is 10.7 Å². The maximum atomic E-state index is 13.5. The molecule has 3 heterocycles. The number of halogens is 3. The highest BCUT2D eigenvalue weighted by Gasteiger charge is 2.28. The molecule has 0 saturated carbocycles. The van der Waals surface area contributed by atoms with Crippen molar-refractivity contribution in [3.8, 4) is 0 Å². The van der Waals surface area contributed by atoms with E-state index in [2.05, 4.69) is 35.7 Å². The Kier molecular flexibility index (Phi) is 6.58. The lowest BCUT2D eigenvalue weighted by molar-refractivity contribution is 0.242. The molecule has 2 aromatic heterocycles. The van der Waals surface area contributed by atoms with Gasteiger partial charge in [-0.2, -0.15) is 4.72 Å². The molecular formula is C22H23BrF2N4O2S. The number of hydrogen-bond acceptors (Lipinski definition) is 6. The van der Waals surface area contributed by atoms with Crippen molar-refractivity contribution in [3.63, 3.8) is 0 Å². The molecule has 0 fully saturated rings. The molecule has 32 heavy (non-hydrogen) atoms. The van der Waals surface area contributed by atoms with Crippen molar-refractivity contribution in [2.75, 3.05) is 11.3 Å². The van der Waals surface area contributed by atoms with Gasteiger partial charge in [-0.1, -0.05) is 25.9 Å². The summed E-state index contributed by atoms with van der Waals surface area (Å²) < 4.78 is 48.9. The fourth-order valence-corrected chi connectivity index (χ4v) is 5.42. The number of hydrogen-bond donors (Lipinski definition) is 1. The zero-order chi connectivity index (χ0) is 23.0. The first-order chi connectivity index (χ1) is 15.1. The number of benzene rings is 1. The number of fused-ring (bicyclic) bond motifs is 1. The van der Waals surface area contributed by atoms with Gasteiger partial charge in [-0.3, -0.25) is 9.88 Å². The maximum absolute atomic E-state index is 13.5. The SMILES string of the molecule is CC(C)(C)c1onc(N[S+]([O-])c2cnc3c(c2)CN(Cc2cc(F)cc(F)c2)CC3)c1Br. The lowest BCUT2D eigenvalue weighted by Gasteiger charge is -2.28. The molecule has 6 nitrogen and oxygen atoms in total. The van der Waals surface area contributed by atoms with E-state index in [1.165, 1.54) is 12.1 Å². The van der Waals surface area contributed by atoms with E-state index in [0.29, 0.717) is 46.0 Å². The minimum absolute atomic E-state index is 0.255. The zero-order valence-electron chi connectivity index (χ0n) is 17.9. The molecule has 170 valence electrons. The molecule has 3 aromatic rings. The Hall–Kier alpha value is -2.01. The van der Waals surface area contributed by atoms with Crippen molar-refractivity contribution < 1.29 is 17.9 Å². The van der Waals surface area contributed by atoms with Crippen LogP contribution >= 0.6 is 15.9 Å². The Bertz CT molecular complexity index is 1120. The van der Waals surface area contributed by atoms with Gasteiger partial charge >= 0.3 is 0 Å². The van der Waals surface area contributed by atoms with Crippen LogP contribution in [-0.2, 0) is 36.3 Å². The highest BCUT2D eigenvalue weighted by atomic mass is 79.9. The molecule has 0 bridgehead atoms. The average Bonchev–Trinajstić information content (AvgIpc) is 3.07. The Morgan fingerprint density at radius 2 is 1.94 bits per heavy atom. The van der Waals surface area contributed by atoms with Gasteiger partial charge in [0.25, 0.3) is 0 Å². The fourth-order valence-electron chi connectivity index (χ4n) is 3.61. The first-order valence-corrected chi connectivity index (χ1v) is 12.0. The van der Waals surface area contributed by atoms with E-state index >= 15 is 0 Å². The minimum Gasteiger partial charge on any atom is -0.588 e. The van der Waals surface area contributed by atoms with Crippen molar-refractivity contribution in [2.45, 2.75) is 50.6 Å². The van der Waals surface area contributed by atoms with Gasteiger partial charge in [-0.15, -0.1) is 0 Å². The molecule has 0 amide bonds. The van der Waals surface area contributed by atoms with Crippen LogP contribution in [0.1, 0.15) is 43.4 Å². The normalized spacial score (nSPS) is 15.5. The van der Waals surface area contributed by atoms with Gasteiger partial charge < -0.3 is 9.08 Å². The summed E-state index contributed by atoms with van der Waals surface area (Å²) in [6.45, 7) is 7.68. The summed E-state index contributed by atoms with van der Waals surface area (Å²) in [7, 11) is 0. The van der Waals surface area contributed by atoms with Gasteiger partial charge in [0, 0.05) is 49.3 Å². The summed E-state index contributed by atoms with van der Waals surface area (Å²) >= 11 is 1.87. The third kappa shape index (κ3) is 5.14. The first kappa shape index (κ1) is 23.2. The molecule has 0 saturated heterocycles. The van der Waals surface area contributed by atoms with Gasteiger partial charge in [-0.25, -0.2) is 8.78 Å². The fraction of sp³-hybridized carbons (Fsp3) is 0.364. The Morgan fingerprint density at radius 3 is 2.59 bits per heavy atom. The van der Waals surface area contributed by atoms with Crippen molar-refractivity contribution in [2.24, 2.45) is 0 Å². The topological polar surface area (TPSA) is 77.2 Å². The van der Waals surface area contributed by atoms with E-state index < -0.39 is 23.0 Å². The summed E-state index contributed by atoms with van der Waals surface area (Å²) in [4.78, 5) is 7.08. The van der Waals surface area contributed by atoms with E-state index in [4.69, 9.17) is 4.52 Å². The largest absolute Gasteiger partial charge is 0.588 e.